The monoisotopic (exact) mass is 138 g/mol. The molecule has 2 N–H and O–H groups in total. The Labute approximate surface area is 57.3 Å². The second-order valence-corrected chi connectivity index (χ2v) is 1.73. The maximum atomic E-state index is 9.79. The summed E-state index contributed by atoms with van der Waals surface area (Å²) < 4.78 is 4.66. The number of carbonyl (C=O) groups excluding carboxylic acids is 1. The van der Waals surface area contributed by atoms with Gasteiger partial charge in [0.05, 0.1) is 12.2 Å². The van der Waals surface area contributed by atoms with E-state index in [1.165, 1.54) is 12.3 Å². The molecule has 52 valence electrons. The van der Waals surface area contributed by atoms with E-state index in [-0.39, 0.29) is 0 Å². The smallest absolute Gasteiger partial charge is 0.158 e. The largest absolute Gasteiger partial charge is 0.359 e. The minimum atomic E-state index is -0.528. The van der Waals surface area contributed by atoms with Gasteiger partial charge >= 0.3 is 0 Å². The van der Waals surface area contributed by atoms with Crippen molar-refractivity contribution in [2.75, 3.05) is 0 Å². The predicted octanol–water partition coefficient (Wildman–Crippen LogP) is 0.0622. The molecule has 1 unspecified atom stereocenters. The Hall–Kier alpha value is -1.38. The maximum absolute atomic E-state index is 9.79. The van der Waals surface area contributed by atoms with E-state index in [1.54, 1.807) is 12.0 Å². The first-order valence-electron chi connectivity index (χ1n) is 2.72. The van der Waals surface area contributed by atoms with Crippen molar-refractivity contribution in [2.45, 2.75) is 6.04 Å². The Morgan fingerprint density at radius 2 is 2.70 bits per heavy atom. The summed E-state index contributed by atoms with van der Waals surface area (Å²) in [5, 5.41) is 3.42. The molecule has 0 bridgehead atoms. The summed E-state index contributed by atoms with van der Waals surface area (Å²) in [6.07, 6.45) is 2.63. The summed E-state index contributed by atoms with van der Waals surface area (Å²) in [6.45, 7) is 0. The highest BCUT2D eigenvalue weighted by Gasteiger charge is 2.04. The molecule has 1 rings (SSSR count). The first-order valence-corrected chi connectivity index (χ1v) is 2.72. The van der Waals surface area contributed by atoms with Gasteiger partial charge in [-0.3, -0.25) is 0 Å². The molecule has 0 aliphatic rings. The van der Waals surface area contributed by atoms with Crippen LogP contribution in [0.2, 0.25) is 0 Å². The molecular weight excluding hydrogens is 132 g/mol. The summed E-state index contributed by atoms with van der Waals surface area (Å²) >= 11 is 0. The Morgan fingerprint density at radius 3 is 3.20 bits per heavy atom. The van der Waals surface area contributed by atoms with Gasteiger partial charge in [-0.25, -0.2) is 4.79 Å². The van der Waals surface area contributed by atoms with E-state index < -0.39 is 6.04 Å². The minimum absolute atomic E-state index is 0.461. The fourth-order valence-corrected chi connectivity index (χ4v) is 0.553. The highest BCUT2D eigenvalue weighted by Crippen LogP contribution is 2.07. The Morgan fingerprint density at radius 1 is 1.90 bits per heavy atom. The minimum Gasteiger partial charge on any atom is -0.359 e. The summed E-state index contributed by atoms with van der Waals surface area (Å²) in [5.74, 6) is 2.03. The molecule has 0 aliphatic carbocycles. The molecular formula is C6H6N2O2. The van der Waals surface area contributed by atoms with Crippen molar-refractivity contribution in [2.24, 2.45) is 5.73 Å². The number of hydrogen-bond donors (Lipinski definition) is 1. The van der Waals surface area contributed by atoms with Crippen LogP contribution in [0.4, 0.5) is 0 Å². The molecule has 1 atom stereocenters. The zero-order valence-electron chi connectivity index (χ0n) is 5.15. The van der Waals surface area contributed by atoms with Crippen molar-refractivity contribution < 1.29 is 9.32 Å². The van der Waals surface area contributed by atoms with Gasteiger partial charge in [-0.1, -0.05) is 5.16 Å². The molecule has 0 aliphatic heterocycles. The zero-order chi connectivity index (χ0) is 7.40. The van der Waals surface area contributed by atoms with Crippen LogP contribution in [-0.2, 0) is 4.79 Å². The van der Waals surface area contributed by atoms with Gasteiger partial charge in [-0.15, -0.1) is 0 Å². The number of nitrogens with two attached hydrogens (primary N) is 1. The summed E-state index contributed by atoms with van der Waals surface area (Å²) in [4.78, 5) is 9.79. The van der Waals surface area contributed by atoms with Crippen molar-refractivity contribution in [1.82, 2.24) is 5.16 Å². The molecule has 4 nitrogen and oxygen atoms in total. The fourth-order valence-electron chi connectivity index (χ4n) is 0.553. The van der Waals surface area contributed by atoms with Crippen molar-refractivity contribution in [3.63, 3.8) is 0 Å². The van der Waals surface area contributed by atoms with Gasteiger partial charge in [0, 0.05) is 12.1 Å². The maximum Gasteiger partial charge on any atom is 0.158 e. The second kappa shape index (κ2) is 2.96. The van der Waals surface area contributed by atoms with E-state index in [0.717, 1.165) is 0 Å². The highest BCUT2D eigenvalue weighted by atomic mass is 16.5. The van der Waals surface area contributed by atoms with Crippen LogP contribution >= 0.6 is 0 Å². The van der Waals surface area contributed by atoms with Gasteiger partial charge in [0.25, 0.3) is 0 Å². The highest BCUT2D eigenvalue weighted by molar-refractivity contribution is 5.47. The molecule has 1 aromatic rings. The molecule has 10 heavy (non-hydrogen) atoms. The average Bonchev–Trinajstić information content (AvgIpc) is 2.38. The number of hydrogen-bond acceptors (Lipinski definition) is 4. The third-order valence-electron chi connectivity index (χ3n) is 1.03. The lowest BCUT2D eigenvalue weighted by Crippen LogP contribution is -2.05. The molecule has 0 saturated heterocycles. The molecule has 0 saturated carbocycles. The molecule has 0 spiro atoms. The van der Waals surface area contributed by atoms with E-state index in [0.29, 0.717) is 5.76 Å². The lowest BCUT2D eigenvalue weighted by molar-refractivity contribution is 0.375. The van der Waals surface area contributed by atoms with E-state index >= 15 is 0 Å². The number of aromatic nitrogens is 1. The zero-order valence-corrected chi connectivity index (χ0v) is 5.15. The van der Waals surface area contributed by atoms with E-state index in [4.69, 9.17) is 5.73 Å². The standard InChI is InChI=1S/C6H6N2O2/c7-5(2-4-9)6-1-3-8-10-6/h1-3,5H,7H2. The lowest BCUT2D eigenvalue weighted by Gasteiger charge is -1.94. The van der Waals surface area contributed by atoms with Crippen LogP contribution in [-0.4, -0.2) is 11.1 Å². The summed E-state index contributed by atoms with van der Waals surface area (Å²) in [5.41, 5.74) is 5.40. The van der Waals surface area contributed by atoms with Crippen molar-refractivity contribution >= 4 is 5.94 Å². The summed E-state index contributed by atoms with van der Waals surface area (Å²) in [6, 6.07) is 1.07. The predicted molar refractivity (Wildman–Crippen MR) is 33.7 cm³/mol. The second-order valence-electron chi connectivity index (χ2n) is 1.73. The van der Waals surface area contributed by atoms with Crippen molar-refractivity contribution in [1.29, 1.82) is 0 Å². The third-order valence-corrected chi connectivity index (χ3v) is 1.03. The van der Waals surface area contributed by atoms with Gasteiger partial charge in [0.2, 0.25) is 0 Å². The van der Waals surface area contributed by atoms with Crippen LogP contribution in [0, 0.1) is 0 Å². The lowest BCUT2D eigenvalue weighted by atomic mass is 10.2. The van der Waals surface area contributed by atoms with Crippen LogP contribution in [0.3, 0.4) is 0 Å². The first-order chi connectivity index (χ1) is 4.84. The number of rotatable bonds is 2. The Kier molecular flexibility index (Phi) is 1.99. The van der Waals surface area contributed by atoms with Gasteiger partial charge in [0.1, 0.15) is 5.94 Å². The topological polar surface area (TPSA) is 69.1 Å². The van der Waals surface area contributed by atoms with Crippen LogP contribution in [0.15, 0.2) is 22.9 Å². The molecule has 1 heterocycles. The quantitative estimate of drug-likeness (QED) is 0.587. The first kappa shape index (κ1) is 6.74. The molecule has 4 heteroatoms. The van der Waals surface area contributed by atoms with Crippen molar-refractivity contribution in [3.8, 4) is 0 Å². The molecule has 0 aromatic carbocycles. The Balaban J connectivity index is 2.76. The molecule has 0 radical (unpaired) electrons. The van der Waals surface area contributed by atoms with Gasteiger partial charge in [-0.05, 0) is 0 Å². The van der Waals surface area contributed by atoms with Gasteiger partial charge < -0.3 is 10.3 Å². The molecule has 0 fully saturated rings. The fraction of sp³-hybridized carbons (Fsp3) is 0.167. The summed E-state index contributed by atoms with van der Waals surface area (Å²) in [7, 11) is 0. The van der Waals surface area contributed by atoms with Crippen LogP contribution < -0.4 is 5.73 Å². The van der Waals surface area contributed by atoms with Crippen LogP contribution in [0.25, 0.3) is 0 Å². The number of nitrogens with zero attached hydrogens (tertiary/aromatic N) is 1. The molecule has 0 amide bonds. The van der Waals surface area contributed by atoms with E-state index in [2.05, 4.69) is 9.68 Å². The average molecular weight is 138 g/mol. The van der Waals surface area contributed by atoms with Crippen LogP contribution in [0.5, 0.6) is 0 Å². The third kappa shape index (κ3) is 1.31. The van der Waals surface area contributed by atoms with Gasteiger partial charge in [0.15, 0.2) is 5.76 Å². The van der Waals surface area contributed by atoms with Crippen molar-refractivity contribution in [3.05, 3.63) is 24.1 Å². The normalized spacial score (nSPS) is 12.1. The van der Waals surface area contributed by atoms with E-state index in [9.17, 15) is 4.79 Å². The van der Waals surface area contributed by atoms with E-state index in [1.807, 2.05) is 0 Å². The molecule has 1 aromatic heterocycles. The van der Waals surface area contributed by atoms with Gasteiger partial charge in [-0.2, -0.15) is 0 Å². The van der Waals surface area contributed by atoms with Crippen LogP contribution in [0.1, 0.15) is 11.8 Å². The SMILES string of the molecule is NC(C=C=O)c1ccno1. The Bertz CT molecular complexity index is 236.